The number of carbonyl (C=O) groups excluding carboxylic acids is 1. The van der Waals surface area contributed by atoms with Crippen molar-refractivity contribution in [1.82, 2.24) is 5.32 Å². The summed E-state index contributed by atoms with van der Waals surface area (Å²) in [5.74, 6) is -4.99. The lowest BCUT2D eigenvalue weighted by molar-refractivity contribution is 0.0163. The summed E-state index contributed by atoms with van der Waals surface area (Å²) in [4.78, 5) is 11.5. The summed E-state index contributed by atoms with van der Waals surface area (Å²) < 4.78 is 56.9. The molecule has 0 bridgehead atoms. The maximum Gasteiger partial charge on any atom is 0.313 e. The van der Waals surface area contributed by atoms with Crippen molar-refractivity contribution in [2.24, 2.45) is 0 Å². The molecule has 1 fully saturated rings. The zero-order chi connectivity index (χ0) is 17.0. The minimum Gasteiger partial charge on any atom is -0.489 e. The number of sulfone groups is 1. The van der Waals surface area contributed by atoms with E-state index in [2.05, 4.69) is 5.32 Å². The molecule has 0 radical (unpaired) electrons. The Morgan fingerprint density at radius 3 is 2.65 bits per heavy atom. The molecular formula is C14H14ClF2NO4S. The van der Waals surface area contributed by atoms with E-state index < -0.39 is 33.5 Å². The molecule has 3 rings (SSSR count). The predicted octanol–water partition coefficient (Wildman–Crippen LogP) is 1.77. The van der Waals surface area contributed by atoms with Crippen LogP contribution in [-0.2, 0) is 16.3 Å². The maximum atomic E-state index is 13.8. The molecule has 23 heavy (non-hydrogen) atoms. The Morgan fingerprint density at radius 2 is 2.09 bits per heavy atom. The van der Waals surface area contributed by atoms with E-state index in [9.17, 15) is 22.0 Å². The van der Waals surface area contributed by atoms with Crippen molar-refractivity contribution in [3.05, 3.63) is 23.3 Å². The topological polar surface area (TPSA) is 72.5 Å². The zero-order valence-corrected chi connectivity index (χ0v) is 13.7. The number of ether oxygens (including phenoxy) is 1. The number of halogens is 3. The van der Waals surface area contributed by atoms with Crippen LogP contribution in [0, 0.1) is 0 Å². The molecule has 2 unspecified atom stereocenters. The minimum atomic E-state index is -3.81. The standard InChI is InChI=1S/C14H14ClF2NO4S/c1-23(20,21)10-3-2-9(22-7-4-11(15)18-6-7)8-5-14(16,17)13(19)12(8)10/h2-3,7,11,18H,4-6H2,1H3. The van der Waals surface area contributed by atoms with Crippen molar-refractivity contribution < 1.29 is 26.7 Å². The zero-order valence-electron chi connectivity index (χ0n) is 12.1. The van der Waals surface area contributed by atoms with Crippen LogP contribution in [-0.4, -0.2) is 44.5 Å². The molecule has 5 nitrogen and oxygen atoms in total. The average molecular weight is 366 g/mol. The number of Topliss-reactive ketones (excluding diaryl/α,β-unsaturated/α-hetero) is 1. The fourth-order valence-corrected chi connectivity index (χ4v) is 4.05. The lowest BCUT2D eigenvalue weighted by Crippen LogP contribution is -2.24. The van der Waals surface area contributed by atoms with Gasteiger partial charge < -0.3 is 4.74 Å². The maximum absolute atomic E-state index is 13.8. The van der Waals surface area contributed by atoms with Gasteiger partial charge in [0.25, 0.3) is 0 Å². The molecule has 0 amide bonds. The third-order valence-corrected chi connectivity index (χ3v) is 5.39. The van der Waals surface area contributed by atoms with Crippen LogP contribution in [0.1, 0.15) is 22.3 Å². The van der Waals surface area contributed by atoms with E-state index in [-0.39, 0.29) is 27.8 Å². The van der Waals surface area contributed by atoms with Gasteiger partial charge in [0, 0.05) is 36.8 Å². The largest absolute Gasteiger partial charge is 0.489 e. The Morgan fingerprint density at radius 1 is 1.39 bits per heavy atom. The van der Waals surface area contributed by atoms with Crippen LogP contribution in [0.4, 0.5) is 8.78 Å². The number of alkyl halides is 3. The smallest absolute Gasteiger partial charge is 0.313 e. The van der Waals surface area contributed by atoms with Gasteiger partial charge in [-0.15, -0.1) is 11.6 Å². The summed E-state index contributed by atoms with van der Waals surface area (Å²) in [7, 11) is -3.81. The van der Waals surface area contributed by atoms with Gasteiger partial charge in [0.05, 0.1) is 10.4 Å². The highest BCUT2D eigenvalue weighted by Gasteiger charge is 2.50. The van der Waals surface area contributed by atoms with E-state index >= 15 is 0 Å². The molecule has 9 heteroatoms. The molecule has 0 aromatic heterocycles. The number of ketones is 1. The Labute approximate surface area is 136 Å². The Hall–Kier alpha value is -1.25. The van der Waals surface area contributed by atoms with Crippen molar-refractivity contribution >= 4 is 27.2 Å². The molecular weight excluding hydrogens is 352 g/mol. The third kappa shape index (κ3) is 2.95. The van der Waals surface area contributed by atoms with Crippen molar-refractivity contribution in [2.45, 2.75) is 35.3 Å². The molecule has 1 aliphatic heterocycles. The fraction of sp³-hybridized carbons (Fsp3) is 0.500. The summed E-state index contributed by atoms with van der Waals surface area (Å²) in [6.45, 7) is 0.446. The van der Waals surface area contributed by atoms with E-state index in [0.29, 0.717) is 13.0 Å². The molecule has 1 N–H and O–H groups in total. The first-order valence-electron chi connectivity index (χ1n) is 6.92. The molecule has 1 saturated heterocycles. The fourth-order valence-electron chi connectivity index (χ4n) is 2.86. The third-order valence-electron chi connectivity index (χ3n) is 3.92. The first kappa shape index (κ1) is 16.6. The first-order chi connectivity index (χ1) is 10.6. The first-order valence-corrected chi connectivity index (χ1v) is 9.25. The van der Waals surface area contributed by atoms with Crippen LogP contribution in [0.5, 0.6) is 5.75 Å². The number of hydrogen-bond donors (Lipinski definition) is 1. The highest BCUT2D eigenvalue weighted by Crippen LogP contribution is 2.42. The van der Waals surface area contributed by atoms with Crippen LogP contribution in [0.15, 0.2) is 17.0 Å². The van der Waals surface area contributed by atoms with Gasteiger partial charge in [0.2, 0.25) is 5.78 Å². The molecule has 0 saturated carbocycles. The van der Waals surface area contributed by atoms with Gasteiger partial charge in [-0.05, 0) is 12.1 Å². The second-order valence-corrected chi connectivity index (χ2v) is 8.26. The van der Waals surface area contributed by atoms with Crippen LogP contribution in [0.25, 0.3) is 0 Å². The Balaban J connectivity index is 2.06. The molecule has 1 heterocycles. The summed E-state index contributed by atoms with van der Waals surface area (Å²) in [5, 5.41) is 2.95. The van der Waals surface area contributed by atoms with Gasteiger partial charge in [0.15, 0.2) is 9.84 Å². The van der Waals surface area contributed by atoms with Crippen molar-refractivity contribution in [3.63, 3.8) is 0 Å². The molecule has 126 valence electrons. The molecule has 2 aliphatic rings. The summed E-state index contributed by atoms with van der Waals surface area (Å²) in [6, 6.07) is 2.47. The highest BCUT2D eigenvalue weighted by molar-refractivity contribution is 7.90. The van der Waals surface area contributed by atoms with Crippen molar-refractivity contribution in [3.8, 4) is 5.75 Å². The summed E-state index contributed by atoms with van der Waals surface area (Å²) in [6.07, 6.45) is 0.181. The molecule has 2 atom stereocenters. The number of fused-ring (bicyclic) bond motifs is 1. The van der Waals surface area contributed by atoms with Crippen LogP contribution >= 0.6 is 11.6 Å². The molecule has 1 aliphatic carbocycles. The van der Waals surface area contributed by atoms with E-state index in [1.165, 1.54) is 6.07 Å². The van der Waals surface area contributed by atoms with E-state index in [0.717, 1.165) is 12.3 Å². The number of carbonyl (C=O) groups is 1. The molecule has 0 spiro atoms. The Kier molecular flexibility index (Phi) is 3.89. The van der Waals surface area contributed by atoms with Gasteiger partial charge >= 0.3 is 5.92 Å². The van der Waals surface area contributed by atoms with Crippen molar-refractivity contribution in [2.75, 3.05) is 12.8 Å². The number of rotatable bonds is 3. The number of hydrogen-bond acceptors (Lipinski definition) is 5. The van der Waals surface area contributed by atoms with Crippen LogP contribution < -0.4 is 10.1 Å². The van der Waals surface area contributed by atoms with Crippen molar-refractivity contribution in [1.29, 1.82) is 0 Å². The normalized spacial score (nSPS) is 26.3. The van der Waals surface area contributed by atoms with Crippen LogP contribution in [0.2, 0.25) is 0 Å². The SMILES string of the molecule is CS(=O)(=O)c1ccc(OC2CNC(Cl)C2)c2c1C(=O)C(F)(F)C2. The molecule has 1 aromatic carbocycles. The van der Waals surface area contributed by atoms with Gasteiger partial charge in [-0.1, -0.05) is 0 Å². The van der Waals surface area contributed by atoms with Gasteiger partial charge in [-0.3, -0.25) is 10.1 Å². The average Bonchev–Trinajstić information content (AvgIpc) is 2.92. The highest BCUT2D eigenvalue weighted by atomic mass is 35.5. The molecule has 1 aromatic rings. The van der Waals surface area contributed by atoms with E-state index in [1.807, 2.05) is 0 Å². The summed E-state index contributed by atoms with van der Waals surface area (Å²) in [5.41, 5.74) is -0.782. The van der Waals surface area contributed by atoms with Crippen LogP contribution in [0.3, 0.4) is 0 Å². The van der Waals surface area contributed by atoms with Gasteiger partial charge in [-0.25, -0.2) is 8.42 Å². The minimum absolute atomic E-state index is 0.0547. The monoisotopic (exact) mass is 365 g/mol. The van der Waals surface area contributed by atoms with E-state index in [1.54, 1.807) is 0 Å². The summed E-state index contributed by atoms with van der Waals surface area (Å²) >= 11 is 5.90. The van der Waals surface area contributed by atoms with Gasteiger partial charge in [0.1, 0.15) is 11.9 Å². The second-order valence-electron chi connectivity index (χ2n) is 5.75. The quantitative estimate of drug-likeness (QED) is 0.653. The second kappa shape index (κ2) is 5.39. The lowest BCUT2D eigenvalue weighted by Gasteiger charge is -2.16. The number of benzene rings is 1. The Bertz CT molecular complexity index is 781. The predicted molar refractivity (Wildman–Crippen MR) is 79.2 cm³/mol. The van der Waals surface area contributed by atoms with Gasteiger partial charge in [-0.2, -0.15) is 8.78 Å². The number of nitrogens with one attached hydrogen (secondary N) is 1. The van der Waals surface area contributed by atoms with E-state index in [4.69, 9.17) is 16.3 Å². The lowest BCUT2D eigenvalue weighted by atomic mass is 10.1.